The maximum absolute atomic E-state index is 11.9. The van der Waals surface area contributed by atoms with Gasteiger partial charge in [0.25, 0.3) is 0 Å². The molecular formula is C16H22N2O2S. The van der Waals surface area contributed by atoms with E-state index in [2.05, 4.69) is 4.98 Å². The molecule has 2 rings (SSSR count). The largest absolute Gasteiger partial charge is 0.480 e. The first kappa shape index (κ1) is 15.9. The number of carbonyl (C=O) groups is 1. The zero-order valence-corrected chi connectivity index (χ0v) is 12.9. The van der Waals surface area contributed by atoms with Crippen molar-refractivity contribution >= 4 is 23.2 Å². The molecule has 1 saturated carbocycles. The summed E-state index contributed by atoms with van der Waals surface area (Å²) in [5.74, 6) is -0.417. The first-order valence-corrected chi connectivity index (χ1v) is 7.93. The van der Waals surface area contributed by atoms with Crippen molar-refractivity contribution in [3.05, 3.63) is 30.1 Å². The van der Waals surface area contributed by atoms with E-state index in [-0.39, 0.29) is 4.99 Å². The van der Waals surface area contributed by atoms with E-state index in [0.29, 0.717) is 18.0 Å². The van der Waals surface area contributed by atoms with Crippen LogP contribution in [0.2, 0.25) is 0 Å². The van der Waals surface area contributed by atoms with E-state index in [1.54, 1.807) is 24.4 Å². The number of pyridine rings is 1. The molecule has 21 heavy (non-hydrogen) atoms. The molecule has 3 N–H and O–H groups in total. The lowest BCUT2D eigenvalue weighted by Crippen LogP contribution is -2.47. The minimum Gasteiger partial charge on any atom is -0.480 e. The predicted octanol–water partition coefficient (Wildman–Crippen LogP) is 3.05. The van der Waals surface area contributed by atoms with Gasteiger partial charge in [-0.1, -0.05) is 50.4 Å². The number of carboxylic acid groups (broad SMARTS) is 1. The van der Waals surface area contributed by atoms with Gasteiger partial charge in [0, 0.05) is 6.20 Å². The monoisotopic (exact) mass is 306 g/mol. The number of rotatable bonds is 6. The van der Waals surface area contributed by atoms with Crippen LogP contribution in [0, 0.1) is 5.92 Å². The van der Waals surface area contributed by atoms with Crippen LogP contribution < -0.4 is 5.73 Å². The Hall–Kier alpha value is -1.49. The highest BCUT2D eigenvalue weighted by Crippen LogP contribution is 2.35. The van der Waals surface area contributed by atoms with Gasteiger partial charge in [-0.25, -0.2) is 0 Å². The van der Waals surface area contributed by atoms with Gasteiger partial charge in [0.05, 0.1) is 10.7 Å². The van der Waals surface area contributed by atoms with Crippen molar-refractivity contribution in [2.75, 3.05) is 0 Å². The number of hydrogen-bond acceptors (Lipinski definition) is 3. The second-order valence-corrected chi connectivity index (χ2v) is 6.27. The van der Waals surface area contributed by atoms with E-state index in [4.69, 9.17) is 18.0 Å². The molecule has 4 nitrogen and oxygen atoms in total. The van der Waals surface area contributed by atoms with Crippen molar-refractivity contribution in [2.24, 2.45) is 11.7 Å². The number of aliphatic carboxylic acids is 1. The van der Waals surface area contributed by atoms with Gasteiger partial charge in [-0.2, -0.15) is 0 Å². The molecule has 1 heterocycles. The number of nitrogens with two attached hydrogens (primary N) is 1. The molecule has 5 heteroatoms. The highest BCUT2D eigenvalue weighted by molar-refractivity contribution is 7.80. The van der Waals surface area contributed by atoms with Crippen LogP contribution in [0.5, 0.6) is 0 Å². The Balaban J connectivity index is 2.23. The molecule has 0 saturated heterocycles. The Kier molecular flexibility index (Phi) is 5.28. The molecule has 0 aromatic carbocycles. The van der Waals surface area contributed by atoms with E-state index < -0.39 is 11.4 Å². The summed E-state index contributed by atoms with van der Waals surface area (Å²) in [4.78, 5) is 16.1. The third-order valence-corrected chi connectivity index (χ3v) is 4.89. The Morgan fingerprint density at radius 2 is 2.10 bits per heavy atom. The van der Waals surface area contributed by atoms with E-state index >= 15 is 0 Å². The molecule has 1 atom stereocenters. The van der Waals surface area contributed by atoms with Crippen LogP contribution in [-0.4, -0.2) is 21.0 Å². The normalized spacial score (nSPS) is 18.9. The number of thiocarbonyl (C=S) groups is 1. The van der Waals surface area contributed by atoms with Crippen LogP contribution in [0.3, 0.4) is 0 Å². The Morgan fingerprint density at radius 1 is 1.38 bits per heavy atom. The van der Waals surface area contributed by atoms with Gasteiger partial charge in [0.15, 0.2) is 5.41 Å². The molecule has 0 aliphatic heterocycles. The average Bonchev–Trinajstić information content (AvgIpc) is 2.49. The summed E-state index contributed by atoms with van der Waals surface area (Å²) < 4.78 is 0. The van der Waals surface area contributed by atoms with Crippen molar-refractivity contribution in [3.63, 3.8) is 0 Å². The first-order chi connectivity index (χ1) is 10.1. The first-order valence-electron chi connectivity index (χ1n) is 7.52. The van der Waals surface area contributed by atoms with Gasteiger partial charge in [-0.3, -0.25) is 9.78 Å². The van der Waals surface area contributed by atoms with Crippen LogP contribution >= 0.6 is 12.2 Å². The van der Waals surface area contributed by atoms with Crippen LogP contribution in [0.4, 0.5) is 0 Å². The van der Waals surface area contributed by atoms with E-state index in [1.165, 1.54) is 32.1 Å². The van der Waals surface area contributed by atoms with E-state index in [0.717, 1.165) is 6.42 Å². The SMILES string of the molecule is NC(=S)C(CCC1CCCCC1)(C(=O)O)c1ccccn1. The van der Waals surface area contributed by atoms with Gasteiger partial charge < -0.3 is 10.8 Å². The fraction of sp³-hybridized carbons (Fsp3) is 0.562. The van der Waals surface area contributed by atoms with E-state index in [1.807, 2.05) is 0 Å². The number of nitrogens with zero attached hydrogens (tertiary/aromatic N) is 1. The fourth-order valence-electron chi connectivity index (χ4n) is 3.21. The number of hydrogen-bond donors (Lipinski definition) is 2. The molecule has 1 aromatic heterocycles. The average molecular weight is 306 g/mol. The summed E-state index contributed by atoms with van der Waals surface area (Å²) in [6.45, 7) is 0. The fourth-order valence-corrected chi connectivity index (χ4v) is 3.50. The molecule has 0 radical (unpaired) electrons. The summed E-state index contributed by atoms with van der Waals surface area (Å²) in [6, 6.07) is 5.24. The maximum atomic E-state index is 11.9. The molecule has 0 bridgehead atoms. The summed E-state index contributed by atoms with van der Waals surface area (Å²) in [6.07, 6.45) is 8.97. The van der Waals surface area contributed by atoms with Crippen molar-refractivity contribution in [3.8, 4) is 0 Å². The minimum atomic E-state index is -1.34. The highest BCUT2D eigenvalue weighted by Gasteiger charge is 2.45. The van der Waals surface area contributed by atoms with E-state index in [9.17, 15) is 9.90 Å². The maximum Gasteiger partial charge on any atom is 0.322 e. The topological polar surface area (TPSA) is 76.2 Å². The van der Waals surface area contributed by atoms with Gasteiger partial charge >= 0.3 is 5.97 Å². The molecule has 1 aromatic rings. The molecule has 1 unspecified atom stereocenters. The molecule has 1 aliphatic carbocycles. The van der Waals surface area contributed by atoms with Crippen LogP contribution in [0.1, 0.15) is 50.6 Å². The lowest BCUT2D eigenvalue weighted by molar-refractivity contribution is -0.141. The third kappa shape index (κ3) is 3.40. The summed E-state index contributed by atoms with van der Waals surface area (Å²) in [5.41, 5.74) is 4.94. The van der Waals surface area contributed by atoms with Crippen molar-refractivity contribution in [2.45, 2.75) is 50.4 Å². The third-order valence-electron chi connectivity index (χ3n) is 4.54. The van der Waals surface area contributed by atoms with Crippen LogP contribution in [0.15, 0.2) is 24.4 Å². The zero-order chi connectivity index (χ0) is 15.3. The lowest BCUT2D eigenvalue weighted by Gasteiger charge is -2.30. The second-order valence-electron chi connectivity index (χ2n) is 5.83. The minimum absolute atomic E-state index is 0.00418. The summed E-state index contributed by atoms with van der Waals surface area (Å²) in [5, 5.41) is 9.77. The van der Waals surface area contributed by atoms with Gasteiger partial charge in [0.2, 0.25) is 0 Å². The molecule has 0 amide bonds. The summed E-state index contributed by atoms with van der Waals surface area (Å²) >= 11 is 5.11. The quantitative estimate of drug-likeness (QED) is 0.790. The highest BCUT2D eigenvalue weighted by atomic mass is 32.1. The van der Waals surface area contributed by atoms with Crippen molar-refractivity contribution in [1.29, 1.82) is 0 Å². The second kappa shape index (κ2) is 6.98. The zero-order valence-electron chi connectivity index (χ0n) is 12.1. The number of carboxylic acids is 1. The molecule has 1 aliphatic rings. The Bertz CT molecular complexity index is 484. The van der Waals surface area contributed by atoms with Gasteiger partial charge in [0.1, 0.15) is 0 Å². The van der Waals surface area contributed by atoms with Gasteiger partial charge in [-0.15, -0.1) is 0 Å². The van der Waals surface area contributed by atoms with Gasteiger partial charge in [-0.05, 0) is 30.9 Å². The smallest absolute Gasteiger partial charge is 0.322 e. The van der Waals surface area contributed by atoms with Crippen LogP contribution in [-0.2, 0) is 10.2 Å². The predicted molar refractivity (Wildman–Crippen MR) is 86.1 cm³/mol. The Morgan fingerprint density at radius 3 is 2.62 bits per heavy atom. The molecule has 1 fully saturated rings. The molecular weight excluding hydrogens is 284 g/mol. The standard InChI is InChI=1S/C16H22N2O2S/c17-14(21)16(15(19)20,13-8-4-5-11-18-13)10-9-12-6-2-1-3-7-12/h4-5,8,11-12H,1-3,6-7,9-10H2,(H2,17,21)(H,19,20). The van der Waals surface area contributed by atoms with Crippen LogP contribution in [0.25, 0.3) is 0 Å². The van der Waals surface area contributed by atoms with Crippen molar-refractivity contribution < 1.29 is 9.90 Å². The Labute approximate surface area is 130 Å². The van der Waals surface area contributed by atoms with Crippen molar-refractivity contribution in [1.82, 2.24) is 4.98 Å². The molecule has 114 valence electrons. The lowest BCUT2D eigenvalue weighted by atomic mass is 9.75. The number of aromatic nitrogens is 1. The molecule has 0 spiro atoms. The summed E-state index contributed by atoms with van der Waals surface area (Å²) in [7, 11) is 0.